The largest absolute Gasteiger partial charge is 0.465 e. The van der Waals surface area contributed by atoms with E-state index in [0.717, 1.165) is 4.47 Å². The van der Waals surface area contributed by atoms with E-state index in [2.05, 4.69) is 31.5 Å². The number of halogens is 1. The molecule has 1 aromatic carbocycles. The van der Waals surface area contributed by atoms with Gasteiger partial charge in [0.1, 0.15) is 12.4 Å². The summed E-state index contributed by atoms with van der Waals surface area (Å²) in [6.07, 6.45) is 3.24. The summed E-state index contributed by atoms with van der Waals surface area (Å²) >= 11 is 3.33. The number of rotatable bonds is 6. The third-order valence-electron chi connectivity index (χ3n) is 2.92. The van der Waals surface area contributed by atoms with Crippen LogP contribution in [-0.4, -0.2) is 28.2 Å². The highest BCUT2D eigenvalue weighted by molar-refractivity contribution is 9.10. The summed E-state index contributed by atoms with van der Waals surface area (Å²) in [5.74, 6) is 0.232. The van der Waals surface area contributed by atoms with E-state index in [0.29, 0.717) is 18.1 Å². The molecule has 0 fully saturated rings. The summed E-state index contributed by atoms with van der Waals surface area (Å²) in [6.45, 7) is 2.35. The molecule has 0 spiro atoms. The van der Waals surface area contributed by atoms with Crippen LogP contribution >= 0.6 is 15.9 Å². The zero-order valence-electron chi connectivity index (χ0n) is 12.6. The van der Waals surface area contributed by atoms with Crippen molar-refractivity contribution in [2.45, 2.75) is 20.0 Å². The average molecular weight is 381 g/mol. The fourth-order valence-corrected chi connectivity index (χ4v) is 2.13. The van der Waals surface area contributed by atoms with Gasteiger partial charge in [-0.15, -0.1) is 0 Å². The fraction of sp³-hybridized carbons (Fsp3) is 0.267. The van der Waals surface area contributed by atoms with Crippen molar-refractivity contribution in [1.82, 2.24) is 14.9 Å². The molecule has 2 N–H and O–H groups in total. The van der Waals surface area contributed by atoms with E-state index in [1.165, 1.54) is 0 Å². The molecule has 7 nitrogen and oxygen atoms in total. The third-order valence-corrected chi connectivity index (χ3v) is 3.44. The number of amides is 2. The molecule has 23 heavy (non-hydrogen) atoms. The van der Waals surface area contributed by atoms with E-state index < -0.39 is 0 Å². The molecule has 0 saturated heterocycles. The molecular weight excluding hydrogens is 364 g/mol. The summed E-state index contributed by atoms with van der Waals surface area (Å²) < 4.78 is 7.46. The lowest BCUT2D eigenvalue weighted by atomic mass is 10.3. The Balaban J connectivity index is 1.86. The lowest BCUT2D eigenvalue weighted by molar-refractivity contribution is -0.143. The van der Waals surface area contributed by atoms with E-state index in [1.54, 1.807) is 36.0 Å². The van der Waals surface area contributed by atoms with Crippen molar-refractivity contribution >= 4 is 33.6 Å². The van der Waals surface area contributed by atoms with Gasteiger partial charge >= 0.3 is 12.0 Å². The molecule has 1 aromatic heterocycles. The minimum atomic E-state index is -0.349. The molecular formula is C15H17BrN4O3. The molecule has 2 aromatic rings. The number of aromatic nitrogens is 2. The maximum Gasteiger partial charge on any atom is 0.325 e. The van der Waals surface area contributed by atoms with E-state index in [-0.39, 0.29) is 25.1 Å². The van der Waals surface area contributed by atoms with E-state index in [1.807, 2.05) is 12.1 Å². The maximum atomic E-state index is 11.9. The number of hydrogen-bond acceptors (Lipinski definition) is 4. The molecule has 2 rings (SSSR count). The maximum absolute atomic E-state index is 11.9. The number of urea groups is 1. The predicted molar refractivity (Wildman–Crippen MR) is 88.9 cm³/mol. The quantitative estimate of drug-likeness (QED) is 0.754. The van der Waals surface area contributed by atoms with Crippen molar-refractivity contribution in [1.29, 1.82) is 0 Å². The second-order valence-corrected chi connectivity index (χ2v) is 5.51. The Morgan fingerprint density at radius 3 is 2.74 bits per heavy atom. The summed E-state index contributed by atoms with van der Waals surface area (Å²) in [6, 6.07) is 6.89. The Hall–Kier alpha value is -2.35. The van der Waals surface area contributed by atoms with Crippen LogP contribution in [0.1, 0.15) is 12.7 Å². The van der Waals surface area contributed by atoms with Gasteiger partial charge in [-0.2, -0.15) is 0 Å². The van der Waals surface area contributed by atoms with Crippen LogP contribution < -0.4 is 10.6 Å². The van der Waals surface area contributed by atoms with Crippen LogP contribution in [0.5, 0.6) is 0 Å². The van der Waals surface area contributed by atoms with Gasteiger partial charge in [-0.25, -0.2) is 9.78 Å². The van der Waals surface area contributed by atoms with Crippen LogP contribution in [0.2, 0.25) is 0 Å². The van der Waals surface area contributed by atoms with Crippen LogP contribution in [0.25, 0.3) is 0 Å². The molecule has 0 atom stereocenters. The first kappa shape index (κ1) is 17.0. The van der Waals surface area contributed by atoms with Crippen molar-refractivity contribution in [3.05, 3.63) is 47.0 Å². The van der Waals surface area contributed by atoms with Gasteiger partial charge in [-0.3, -0.25) is 4.79 Å². The number of carbonyl (C=O) groups excluding carboxylic acids is 2. The highest BCUT2D eigenvalue weighted by Gasteiger charge is 2.09. The van der Waals surface area contributed by atoms with Crippen LogP contribution in [0.15, 0.2) is 41.1 Å². The summed E-state index contributed by atoms with van der Waals surface area (Å²) in [4.78, 5) is 27.5. The van der Waals surface area contributed by atoms with Gasteiger partial charge in [0.25, 0.3) is 0 Å². The molecule has 2 amide bonds. The number of anilines is 1. The lowest BCUT2D eigenvalue weighted by Gasteiger charge is -2.09. The summed E-state index contributed by atoms with van der Waals surface area (Å²) in [5.41, 5.74) is 0.681. The smallest absolute Gasteiger partial charge is 0.325 e. The molecule has 0 radical (unpaired) electrons. The Morgan fingerprint density at radius 2 is 2.04 bits per heavy atom. The van der Waals surface area contributed by atoms with Crippen LogP contribution in [0.4, 0.5) is 10.5 Å². The van der Waals surface area contributed by atoms with Crippen molar-refractivity contribution in [3.8, 4) is 0 Å². The minimum Gasteiger partial charge on any atom is -0.465 e. The number of nitrogens with one attached hydrogen (secondary N) is 2. The van der Waals surface area contributed by atoms with Gasteiger partial charge in [0.15, 0.2) is 0 Å². The fourth-order valence-electron chi connectivity index (χ4n) is 1.86. The van der Waals surface area contributed by atoms with Crippen LogP contribution in [0.3, 0.4) is 0 Å². The molecule has 0 aliphatic heterocycles. The first-order valence-corrected chi connectivity index (χ1v) is 7.84. The third kappa shape index (κ3) is 5.41. The molecule has 122 valence electrons. The molecule has 0 saturated carbocycles. The molecule has 0 bridgehead atoms. The monoisotopic (exact) mass is 380 g/mol. The van der Waals surface area contributed by atoms with Gasteiger partial charge < -0.3 is 19.9 Å². The van der Waals surface area contributed by atoms with Crippen LogP contribution in [-0.2, 0) is 22.6 Å². The number of carbonyl (C=O) groups is 2. The molecule has 0 unspecified atom stereocenters. The Labute approximate surface area is 142 Å². The zero-order valence-corrected chi connectivity index (χ0v) is 14.2. The first-order chi connectivity index (χ1) is 11.1. The molecule has 8 heteroatoms. The molecule has 0 aliphatic carbocycles. The number of hydrogen-bond donors (Lipinski definition) is 2. The average Bonchev–Trinajstić information content (AvgIpc) is 2.95. The second-order valence-electron chi connectivity index (χ2n) is 4.59. The van der Waals surface area contributed by atoms with E-state index in [4.69, 9.17) is 4.74 Å². The topological polar surface area (TPSA) is 85.2 Å². The number of nitrogens with zero attached hydrogens (tertiary/aromatic N) is 2. The molecule has 1 heterocycles. The second kappa shape index (κ2) is 8.33. The Kier molecular flexibility index (Phi) is 6.16. The Morgan fingerprint density at radius 1 is 1.30 bits per heavy atom. The highest BCUT2D eigenvalue weighted by atomic mass is 79.9. The lowest BCUT2D eigenvalue weighted by Crippen LogP contribution is -2.29. The SMILES string of the molecule is CCOC(=O)Cn1ccnc1CNC(=O)Nc1ccc(Br)cc1. The van der Waals surface area contributed by atoms with E-state index in [9.17, 15) is 9.59 Å². The Bertz CT molecular complexity index is 670. The predicted octanol–water partition coefficient (Wildman–Crippen LogP) is 2.53. The summed E-state index contributed by atoms with van der Waals surface area (Å²) in [7, 11) is 0. The number of benzene rings is 1. The number of imidazole rings is 1. The highest BCUT2D eigenvalue weighted by Crippen LogP contribution is 2.13. The van der Waals surface area contributed by atoms with E-state index >= 15 is 0 Å². The number of esters is 1. The summed E-state index contributed by atoms with van der Waals surface area (Å²) in [5, 5.41) is 5.41. The van der Waals surface area contributed by atoms with Crippen molar-refractivity contribution in [2.75, 3.05) is 11.9 Å². The van der Waals surface area contributed by atoms with Crippen molar-refractivity contribution in [2.24, 2.45) is 0 Å². The zero-order chi connectivity index (χ0) is 16.7. The van der Waals surface area contributed by atoms with Gasteiger partial charge in [0.2, 0.25) is 0 Å². The first-order valence-electron chi connectivity index (χ1n) is 7.04. The van der Waals surface area contributed by atoms with Gasteiger partial charge in [-0.05, 0) is 31.2 Å². The van der Waals surface area contributed by atoms with Crippen LogP contribution in [0, 0.1) is 0 Å². The normalized spacial score (nSPS) is 10.2. The number of ether oxygens (including phenoxy) is 1. The van der Waals surface area contributed by atoms with Gasteiger partial charge in [-0.1, -0.05) is 15.9 Å². The standard InChI is InChI=1S/C15H17BrN4O3/c1-2-23-14(21)10-20-8-7-17-13(20)9-18-15(22)19-12-5-3-11(16)4-6-12/h3-8H,2,9-10H2,1H3,(H2,18,19,22). The molecule has 0 aliphatic rings. The van der Waals surface area contributed by atoms with Gasteiger partial charge in [0.05, 0.1) is 13.2 Å². The van der Waals surface area contributed by atoms with Crippen molar-refractivity contribution in [3.63, 3.8) is 0 Å². The van der Waals surface area contributed by atoms with Gasteiger partial charge in [0, 0.05) is 22.6 Å². The van der Waals surface area contributed by atoms with Crippen molar-refractivity contribution < 1.29 is 14.3 Å². The minimum absolute atomic E-state index is 0.0686.